The summed E-state index contributed by atoms with van der Waals surface area (Å²) in [6.07, 6.45) is 0. The Balaban J connectivity index is 2.23. The van der Waals surface area contributed by atoms with Crippen molar-refractivity contribution >= 4 is 22.9 Å². The number of nitrogen functional groups attached to an aromatic ring is 1. The number of nitrogens with two attached hydrogens (primary N) is 1. The monoisotopic (exact) mass is 336 g/mol. The van der Waals surface area contributed by atoms with E-state index in [2.05, 4.69) is 10.4 Å². The van der Waals surface area contributed by atoms with Crippen LogP contribution in [0.25, 0.3) is 10.6 Å². The molecular weight excluding hydrogens is 316 g/mol. The maximum absolute atomic E-state index is 12.1. The Labute approximate surface area is 138 Å². The highest BCUT2D eigenvalue weighted by molar-refractivity contribution is 7.15. The minimum Gasteiger partial charge on any atom is -0.394 e. The van der Waals surface area contributed by atoms with Gasteiger partial charge in [-0.2, -0.15) is 5.10 Å². The SMILES string of the molecule is COC[C@H](C)NC(=O)Cn1nc(-c2ccc(C)s2)cc(N)c1=O. The fourth-order valence-electron chi connectivity index (χ4n) is 2.11. The van der Waals surface area contributed by atoms with E-state index >= 15 is 0 Å². The van der Waals surface area contributed by atoms with Crippen molar-refractivity contribution in [2.75, 3.05) is 19.5 Å². The summed E-state index contributed by atoms with van der Waals surface area (Å²) in [4.78, 5) is 26.1. The van der Waals surface area contributed by atoms with Crippen LogP contribution >= 0.6 is 11.3 Å². The van der Waals surface area contributed by atoms with Gasteiger partial charge in [-0.25, -0.2) is 4.68 Å². The lowest BCUT2D eigenvalue weighted by Crippen LogP contribution is -2.40. The normalized spacial score (nSPS) is 12.1. The fourth-order valence-corrected chi connectivity index (χ4v) is 2.93. The zero-order valence-corrected chi connectivity index (χ0v) is 14.1. The van der Waals surface area contributed by atoms with Gasteiger partial charge in [0.2, 0.25) is 5.91 Å². The summed E-state index contributed by atoms with van der Waals surface area (Å²) >= 11 is 1.55. The lowest BCUT2D eigenvalue weighted by Gasteiger charge is -2.13. The van der Waals surface area contributed by atoms with Crippen molar-refractivity contribution in [1.82, 2.24) is 15.1 Å². The van der Waals surface area contributed by atoms with Crippen LogP contribution in [0.5, 0.6) is 0 Å². The number of methoxy groups -OCH3 is 1. The van der Waals surface area contributed by atoms with Crippen LogP contribution in [-0.2, 0) is 16.1 Å². The number of amides is 1. The molecule has 0 unspecified atom stereocenters. The number of hydrogen-bond donors (Lipinski definition) is 2. The molecule has 7 nitrogen and oxygen atoms in total. The molecule has 0 saturated carbocycles. The zero-order chi connectivity index (χ0) is 17.0. The molecule has 3 N–H and O–H groups in total. The Bertz CT molecular complexity index is 753. The van der Waals surface area contributed by atoms with Gasteiger partial charge in [0.25, 0.3) is 5.56 Å². The van der Waals surface area contributed by atoms with Gasteiger partial charge in [-0.05, 0) is 32.0 Å². The zero-order valence-electron chi connectivity index (χ0n) is 13.3. The maximum Gasteiger partial charge on any atom is 0.290 e. The molecule has 0 bridgehead atoms. The summed E-state index contributed by atoms with van der Waals surface area (Å²) in [6, 6.07) is 5.27. The van der Waals surface area contributed by atoms with Gasteiger partial charge in [0, 0.05) is 18.0 Å². The Morgan fingerprint density at radius 1 is 1.52 bits per heavy atom. The topological polar surface area (TPSA) is 99.2 Å². The van der Waals surface area contributed by atoms with Crippen LogP contribution in [0, 0.1) is 6.92 Å². The average Bonchev–Trinajstić information content (AvgIpc) is 2.90. The van der Waals surface area contributed by atoms with Crippen LogP contribution in [0.1, 0.15) is 11.8 Å². The molecule has 0 saturated heterocycles. The largest absolute Gasteiger partial charge is 0.394 e. The Hall–Kier alpha value is -2.19. The number of aryl methyl sites for hydroxylation is 1. The predicted octanol–water partition coefficient (Wildman–Crippen LogP) is 1.01. The summed E-state index contributed by atoms with van der Waals surface area (Å²) in [7, 11) is 1.56. The standard InChI is InChI=1S/C15H20N4O3S/c1-9(8-22-3)17-14(20)7-19-15(21)11(16)6-12(18-19)13-5-4-10(2)23-13/h4-6,9H,7-8,16H2,1-3H3,(H,17,20)/t9-/m0/s1. The fraction of sp³-hybridized carbons (Fsp3) is 0.400. The van der Waals surface area contributed by atoms with E-state index in [1.54, 1.807) is 18.4 Å². The van der Waals surface area contributed by atoms with Crippen LogP contribution in [0.15, 0.2) is 23.0 Å². The van der Waals surface area contributed by atoms with Crippen molar-refractivity contribution in [3.8, 4) is 10.6 Å². The van der Waals surface area contributed by atoms with Crippen molar-refractivity contribution in [3.05, 3.63) is 33.4 Å². The number of carbonyl (C=O) groups is 1. The molecule has 0 aliphatic rings. The Morgan fingerprint density at radius 3 is 2.87 bits per heavy atom. The molecule has 124 valence electrons. The quantitative estimate of drug-likeness (QED) is 0.820. The van der Waals surface area contributed by atoms with Gasteiger partial charge in [0.05, 0.1) is 11.5 Å². The first-order valence-electron chi connectivity index (χ1n) is 7.13. The second-order valence-corrected chi connectivity index (χ2v) is 6.57. The number of aromatic nitrogens is 2. The molecule has 0 fully saturated rings. The van der Waals surface area contributed by atoms with Gasteiger partial charge in [-0.1, -0.05) is 0 Å². The third kappa shape index (κ3) is 4.40. The summed E-state index contributed by atoms with van der Waals surface area (Å²) < 4.78 is 6.05. The van der Waals surface area contributed by atoms with Gasteiger partial charge in [0.1, 0.15) is 17.9 Å². The van der Waals surface area contributed by atoms with Crippen molar-refractivity contribution < 1.29 is 9.53 Å². The number of nitrogens with one attached hydrogen (secondary N) is 1. The third-order valence-corrected chi connectivity index (χ3v) is 4.14. The highest BCUT2D eigenvalue weighted by Gasteiger charge is 2.13. The van der Waals surface area contributed by atoms with E-state index in [1.165, 1.54) is 6.07 Å². The van der Waals surface area contributed by atoms with Gasteiger partial charge < -0.3 is 15.8 Å². The predicted molar refractivity (Wildman–Crippen MR) is 90.4 cm³/mol. The van der Waals surface area contributed by atoms with E-state index in [4.69, 9.17) is 10.5 Å². The van der Waals surface area contributed by atoms with Gasteiger partial charge in [-0.15, -0.1) is 11.3 Å². The molecule has 2 heterocycles. The first-order valence-corrected chi connectivity index (χ1v) is 7.95. The first kappa shape index (κ1) is 17.2. The van der Waals surface area contributed by atoms with Crippen LogP contribution in [0.4, 0.5) is 5.69 Å². The molecule has 1 atom stereocenters. The molecule has 23 heavy (non-hydrogen) atoms. The number of ether oxygens (including phenoxy) is 1. The van der Waals surface area contributed by atoms with Crippen molar-refractivity contribution in [2.24, 2.45) is 0 Å². The number of carbonyl (C=O) groups excluding carboxylic acids is 1. The lowest BCUT2D eigenvalue weighted by atomic mass is 10.3. The molecule has 0 aromatic carbocycles. The number of hydrogen-bond acceptors (Lipinski definition) is 6. The van der Waals surface area contributed by atoms with Crippen molar-refractivity contribution in [3.63, 3.8) is 0 Å². The van der Waals surface area contributed by atoms with E-state index in [9.17, 15) is 9.59 Å². The highest BCUT2D eigenvalue weighted by Crippen LogP contribution is 2.26. The average molecular weight is 336 g/mol. The maximum atomic E-state index is 12.1. The summed E-state index contributed by atoms with van der Waals surface area (Å²) in [5, 5.41) is 6.99. The van der Waals surface area contributed by atoms with Crippen LogP contribution in [0.3, 0.4) is 0 Å². The van der Waals surface area contributed by atoms with E-state index in [-0.39, 0.29) is 24.2 Å². The summed E-state index contributed by atoms with van der Waals surface area (Å²) in [5.74, 6) is -0.317. The minimum absolute atomic E-state index is 0.0683. The Kier molecular flexibility index (Phi) is 5.51. The number of nitrogens with zero attached hydrogens (tertiary/aromatic N) is 2. The molecular formula is C15H20N4O3S. The van der Waals surface area contributed by atoms with E-state index in [1.807, 2.05) is 26.0 Å². The molecule has 2 aromatic heterocycles. The molecule has 0 aliphatic carbocycles. The highest BCUT2D eigenvalue weighted by atomic mass is 32.1. The molecule has 0 radical (unpaired) electrons. The Morgan fingerprint density at radius 2 is 2.26 bits per heavy atom. The van der Waals surface area contributed by atoms with Crippen LogP contribution < -0.4 is 16.6 Å². The molecule has 0 spiro atoms. The molecule has 1 amide bonds. The summed E-state index contributed by atoms with van der Waals surface area (Å²) in [5.41, 5.74) is 5.94. The van der Waals surface area contributed by atoms with Crippen LogP contribution in [-0.4, -0.2) is 35.4 Å². The van der Waals surface area contributed by atoms with Gasteiger partial charge in [0.15, 0.2) is 0 Å². The van der Waals surface area contributed by atoms with Crippen molar-refractivity contribution in [2.45, 2.75) is 26.4 Å². The minimum atomic E-state index is -0.475. The number of thiophene rings is 1. The number of anilines is 1. The van der Waals surface area contributed by atoms with E-state index in [0.29, 0.717) is 12.3 Å². The van der Waals surface area contributed by atoms with Gasteiger partial charge >= 0.3 is 0 Å². The smallest absolute Gasteiger partial charge is 0.290 e. The number of rotatable bonds is 6. The third-order valence-electron chi connectivity index (χ3n) is 3.11. The van der Waals surface area contributed by atoms with Gasteiger partial charge in [-0.3, -0.25) is 9.59 Å². The summed E-state index contributed by atoms with van der Waals surface area (Å²) in [6.45, 7) is 4.01. The second-order valence-electron chi connectivity index (χ2n) is 5.28. The van der Waals surface area contributed by atoms with E-state index in [0.717, 1.165) is 14.4 Å². The molecule has 2 rings (SSSR count). The first-order chi connectivity index (χ1) is 10.9. The molecule has 2 aromatic rings. The lowest BCUT2D eigenvalue weighted by molar-refractivity contribution is -0.122. The second kappa shape index (κ2) is 7.38. The molecule has 8 heteroatoms. The van der Waals surface area contributed by atoms with E-state index < -0.39 is 5.56 Å². The van der Waals surface area contributed by atoms with Crippen LogP contribution in [0.2, 0.25) is 0 Å². The molecule has 0 aliphatic heterocycles. The van der Waals surface area contributed by atoms with Crippen molar-refractivity contribution in [1.29, 1.82) is 0 Å².